The van der Waals surface area contributed by atoms with Gasteiger partial charge in [-0.05, 0) is 44.4 Å². The number of hydrogen-bond donors (Lipinski definition) is 5. The first-order chi connectivity index (χ1) is 23.9. The topological polar surface area (TPSA) is 240 Å². The number of carbonyl (C=O) groups is 5. The summed E-state index contributed by atoms with van der Waals surface area (Å²) in [6.45, 7) is 3.42. The molecule has 0 spiro atoms. The third-order valence-electron chi connectivity index (χ3n) is 10.3. The number of likely N-dealkylation sites (tertiary alicyclic amines) is 1. The third kappa shape index (κ3) is 7.23. The largest absolute Gasteiger partial charge is 0.384 e. The zero-order chi connectivity index (χ0) is 35.6. The van der Waals surface area contributed by atoms with E-state index in [0.717, 1.165) is 32.1 Å². The average molecular weight is 693 g/mol. The minimum absolute atomic E-state index is 0.00600. The first-order valence-electron chi connectivity index (χ1n) is 17.2. The van der Waals surface area contributed by atoms with Crippen molar-refractivity contribution in [2.24, 2.45) is 11.7 Å². The van der Waals surface area contributed by atoms with Crippen molar-refractivity contribution in [3.05, 3.63) is 35.7 Å². The van der Waals surface area contributed by atoms with Crippen LogP contribution >= 0.6 is 0 Å². The molecule has 1 unspecified atom stereocenters. The lowest BCUT2D eigenvalue weighted by Gasteiger charge is -2.37. The standard InChI is InChI=1S/C33H44N10O7/c1-32(2,49)26-17-35-41-43(26)21-16-25(30(47)37-33(27(44)28(34)45)10-12-50-13-11-33)42(18-21)31(48)24(14-19-6-4-3-5-7-19)36-29(46)20-8-9-22-23(15-20)39-40-38-22/h8-9,15,17,19,21,24-25,49H,3-7,10-14,16,18H2,1-2H3,(H2,34,45)(H,36,46)(H,37,47)(H,38,39,40)/t21-,24?,25-/m0/s1. The van der Waals surface area contributed by atoms with Crippen molar-refractivity contribution in [1.29, 1.82) is 0 Å². The molecule has 17 nitrogen and oxygen atoms in total. The van der Waals surface area contributed by atoms with Crippen molar-refractivity contribution in [3.8, 4) is 0 Å². The molecule has 0 bridgehead atoms. The molecule has 1 saturated carbocycles. The molecule has 1 aromatic carbocycles. The lowest BCUT2D eigenvalue weighted by Crippen LogP contribution is -2.64. The van der Waals surface area contributed by atoms with E-state index in [1.54, 1.807) is 32.0 Å². The Morgan fingerprint density at radius 3 is 2.58 bits per heavy atom. The number of rotatable bonds is 11. The van der Waals surface area contributed by atoms with Gasteiger partial charge in [0.05, 0.1) is 23.4 Å². The number of aromatic amines is 1. The molecule has 6 N–H and O–H groups in total. The first kappa shape index (κ1) is 35.1. The van der Waals surface area contributed by atoms with E-state index in [0.29, 0.717) is 28.7 Å². The molecule has 4 amide bonds. The Morgan fingerprint density at radius 1 is 1.14 bits per heavy atom. The predicted molar refractivity (Wildman–Crippen MR) is 176 cm³/mol. The highest BCUT2D eigenvalue weighted by Crippen LogP contribution is 2.34. The quantitative estimate of drug-likeness (QED) is 0.172. The summed E-state index contributed by atoms with van der Waals surface area (Å²) in [4.78, 5) is 69.3. The van der Waals surface area contributed by atoms with Crippen LogP contribution in [0.2, 0.25) is 0 Å². The van der Waals surface area contributed by atoms with E-state index in [1.165, 1.54) is 15.8 Å². The van der Waals surface area contributed by atoms with Gasteiger partial charge in [-0.1, -0.05) is 42.5 Å². The van der Waals surface area contributed by atoms with Gasteiger partial charge in [-0.15, -0.1) is 10.2 Å². The van der Waals surface area contributed by atoms with Crippen LogP contribution in [0.1, 0.15) is 93.7 Å². The molecule has 6 rings (SSSR count). The van der Waals surface area contributed by atoms with Crippen LogP contribution in [-0.2, 0) is 29.5 Å². The molecule has 17 heteroatoms. The fraction of sp³-hybridized carbons (Fsp3) is 0.606. The molecule has 3 fully saturated rings. The molecule has 1 aliphatic carbocycles. The van der Waals surface area contributed by atoms with Gasteiger partial charge in [0.15, 0.2) is 0 Å². The Hall–Kier alpha value is -4.77. The molecule has 0 radical (unpaired) electrons. The molecule has 2 aliphatic heterocycles. The number of aliphatic hydroxyl groups is 1. The summed E-state index contributed by atoms with van der Waals surface area (Å²) in [5.41, 5.74) is 4.34. The monoisotopic (exact) mass is 692 g/mol. The van der Waals surface area contributed by atoms with Gasteiger partial charge in [-0.25, -0.2) is 4.68 Å². The second kappa shape index (κ2) is 14.2. The highest BCUT2D eigenvalue weighted by atomic mass is 16.5. The Balaban J connectivity index is 1.33. The average Bonchev–Trinajstić information content (AvgIpc) is 3.87. The van der Waals surface area contributed by atoms with Crippen LogP contribution in [0, 0.1) is 5.92 Å². The van der Waals surface area contributed by atoms with E-state index in [2.05, 4.69) is 36.4 Å². The number of nitrogens with zero attached hydrogens (tertiary/aromatic N) is 6. The Labute approximate surface area is 288 Å². The van der Waals surface area contributed by atoms with Crippen LogP contribution in [0.15, 0.2) is 24.4 Å². The van der Waals surface area contributed by atoms with Gasteiger partial charge in [0, 0.05) is 44.6 Å². The van der Waals surface area contributed by atoms with E-state index in [4.69, 9.17) is 10.5 Å². The van der Waals surface area contributed by atoms with Crippen molar-refractivity contribution >= 4 is 40.4 Å². The first-order valence-corrected chi connectivity index (χ1v) is 17.2. The Bertz CT molecular complexity index is 1750. The van der Waals surface area contributed by atoms with Gasteiger partial charge in [-0.2, -0.15) is 0 Å². The van der Waals surface area contributed by atoms with Gasteiger partial charge in [0.1, 0.15) is 28.7 Å². The molecule has 268 valence electrons. The van der Waals surface area contributed by atoms with Crippen LogP contribution < -0.4 is 16.4 Å². The normalized spacial score (nSPS) is 21.9. The number of hydrogen-bond acceptors (Lipinski definition) is 11. The summed E-state index contributed by atoms with van der Waals surface area (Å²) in [5, 5.41) is 35.3. The highest BCUT2D eigenvalue weighted by Gasteiger charge is 2.49. The van der Waals surface area contributed by atoms with Crippen LogP contribution in [0.25, 0.3) is 11.0 Å². The number of carbonyl (C=O) groups excluding carboxylic acids is 5. The van der Waals surface area contributed by atoms with E-state index in [9.17, 15) is 29.1 Å². The number of Topliss-reactive ketones (excluding diaryl/α,β-unsaturated/α-hetero) is 1. The lowest BCUT2D eigenvalue weighted by molar-refractivity contribution is -0.147. The molecular formula is C33H44N10O7. The van der Waals surface area contributed by atoms with Crippen molar-refractivity contribution in [3.63, 3.8) is 0 Å². The van der Waals surface area contributed by atoms with Gasteiger partial charge < -0.3 is 31.1 Å². The summed E-state index contributed by atoms with van der Waals surface area (Å²) in [6, 6.07) is 2.19. The van der Waals surface area contributed by atoms with Crippen molar-refractivity contribution in [2.75, 3.05) is 19.8 Å². The second-order valence-corrected chi connectivity index (χ2v) is 14.2. The lowest BCUT2D eigenvalue weighted by atomic mass is 9.84. The zero-order valence-corrected chi connectivity index (χ0v) is 28.3. The number of amides is 4. The van der Waals surface area contributed by atoms with Gasteiger partial charge >= 0.3 is 0 Å². The van der Waals surface area contributed by atoms with E-state index >= 15 is 0 Å². The number of nitrogens with two attached hydrogens (primary N) is 1. The maximum absolute atomic E-state index is 14.7. The van der Waals surface area contributed by atoms with Gasteiger partial charge in [0.25, 0.3) is 11.8 Å². The van der Waals surface area contributed by atoms with Gasteiger partial charge in [-0.3, -0.25) is 29.1 Å². The molecule has 3 atom stereocenters. The van der Waals surface area contributed by atoms with E-state index in [1.807, 2.05) is 0 Å². The molecule has 2 saturated heterocycles. The fourth-order valence-electron chi connectivity index (χ4n) is 7.52. The number of H-pyrrole nitrogens is 1. The van der Waals surface area contributed by atoms with E-state index < -0.39 is 58.7 Å². The fourth-order valence-corrected chi connectivity index (χ4v) is 7.52. The molecule has 50 heavy (non-hydrogen) atoms. The second-order valence-electron chi connectivity index (χ2n) is 14.2. The van der Waals surface area contributed by atoms with Crippen molar-refractivity contribution in [2.45, 2.75) is 101 Å². The number of benzene rings is 1. The smallest absolute Gasteiger partial charge is 0.287 e. The van der Waals surface area contributed by atoms with Crippen LogP contribution in [-0.4, -0.2) is 107 Å². The van der Waals surface area contributed by atoms with Gasteiger partial charge in [0.2, 0.25) is 17.6 Å². The van der Waals surface area contributed by atoms with Crippen molar-refractivity contribution < 1.29 is 33.8 Å². The summed E-state index contributed by atoms with van der Waals surface area (Å²) >= 11 is 0. The van der Waals surface area contributed by atoms with Crippen LogP contribution in [0.3, 0.4) is 0 Å². The van der Waals surface area contributed by atoms with Crippen LogP contribution in [0.4, 0.5) is 0 Å². The minimum atomic E-state index is -1.59. The number of nitrogens with one attached hydrogen (secondary N) is 3. The van der Waals surface area contributed by atoms with Crippen LogP contribution in [0.5, 0.6) is 0 Å². The number of ketones is 1. The summed E-state index contributed by atoms with van der Waals surface area (Å²) < 4.78 is 6.93. The van der Waals surface area contributed by atoms with Crippen molar-refractivity contribution in [1.82, 2.24) is 45.9 Å². The molecule has 3 aliphatic rings. The Kier molecular flexibility index (Phi) is 9.98. The number of primary amides is 1. The highest BCUT2D eigenvalue weighted by molar-refractivity contribution is 6.39. The molecular weight excluding hydrogens is 648 g/mol. The molecule has 2 aromatic heterocycles. The number of fused-ring (bicyclic) bond motifs is 1. The summed E-state index contributed by atoms with van der Waals surface area (Å²) in [7, 11) is 0. The maximum atomic E-state index is 14.7. The summed E-state index contributed by atoms with van der Waals surface area (Å²) in [5.74, 6) is -3.53. The molecule has 4 heterocycles. The number of ether oxygens (including phenoxy) is 1. The zero-order valence-electron chi connectivity index (χ0n) is 28.3. The molecule has 3 aromatic rings. The number of aromatic nitrogens is 6. The Morgan fingerprint density at radius 2 is 1.88 bits per heavy atom. The minimum Gasteiger partial charge on any atom is -0.384 e. The van der Waals surface area contributed by atoms with E-state index in [-0.39, 0.29) is 44.9 Å². The summed E-state index contributed by atoms with van der Waals surface area (Å²) in [6.07, 6.45) is 6.89. The third-order valence-corrected chi connectivity index (χ3v) is 10.3. The SMILES string of the molecule is CC(C)(O)c1cnnn1[C@H]1C[C@@H](C(=O)NC2(C(=O)C(N)=O)CCOCC2)N(C(=O)C(CC2CCCCC2)NC(=O)c2ccc3nn[nH]c3c2)C1. The predicted octanol–water partition coefficient (Wildman–Crippen LogP) is 0.408. The maximum Gasteiger partial charge on any atom is 0.287 e.